The Morgan fingerprint density at radius 3 is 2.46 bits per heavy atom. The van der Waals surface area contributed by atoms with E-state index in [1.165, 1.54) is 0 Å². The van der Waals surface area contributed by atoms with Gasteiger partial charge in [0.1, 0.15) is 0 Å². The number of nitrogens with zero attached hydrogens (tertiary/aromatic N) is 2. The normalized spacial score (nSPS) is 15.7. The Kier molecular flexibility index (Phi) is 8.70. The van der Waals surface area contributed by atoms with E-state index in [0.29, 0.717) is 51.6 Å². The van der Waals surface area contributed by atoms with E-state index in [0.717, 1.165) is 13.1 Å². The molecule has 0 saturated carbocycles. The highest BCUT2D eigenvalue weighted by atomic mass is 16.5. The molecule has 6 heteroatoms. The van der Waals surface area contributed by atoms with E-state index < -0.39 is 0 Å². The van der Waals surface area contributed by atoms with E-state index in [1.807, 2.05) is 11.9 Å². The predicted molar refractivity (Wildman–Crippen MR) is 95.8 cm³/mol. The molecule has 0 bridgehead atoms. The van der Waals surface area contributed by atoms with Crippen LogP contribution in [-0.2, 0) is 14.3 Å². The van der Waals surface area contributed by atoms with Crippen LogP contribution in [0.1, 0.15) is 40.5 Å². The average molecular weight is 341 g/mol. The molecular weight excluding hydrogens is 306 g/mol. The van der Waals surface area contributed by atoms with Crippen molar-refractivity contribution < 1.29 is 14.3 Å². The Morgan fingerprint density at radius 2 is 1.88 bits per heavy atom. The number of morpholine rings is 1. The summed E-state index contributed by atoms with van der Waals surface area (Å²) in [5.41, 5.74) is -0.101. The van der Waals surface area contributed by atoms with Crippen LogP contribution in [0.4, 0.5) is 0 Å². The second-order valence-electron chi connectivity index (χ2n) is 7.92. The lowest BCUT2D eigenvalue weighted by Gasteiger charge is -2.31. The van der Waals surface area contributed by atoms with Crippen molar-refractivity contribution in [3.8, 4) is 0 Å². The summed E-state index contributed by atoms with van der Waals surface area (Å²) in [6, 6.07) is 0. The van der Waals surface area contributed by atoms with Gasteiger partial charge in [-0.1, -0.05) is 27.7 Å². The minimum Gasteiger partial charge on any atom is -0.378 e. The van der Waals surface area contributed by atoms with Gasteiger partial charge >= 0.3 is 0 Å². The molecule has 0 aromatic carbocycles. The summed E-state index contributed by atoms with van der Waals surface area (Å²) in [5.74, 6) is 0.779. The first kappa shape index (κ1) is 20.9. The van der Waals surface area contributed by atoms with Crippen molar-refractivity contribution in [1.82, 2.24) is 15.1 Å². The van der Waals surface area contributed by atoms with E-state index in [2.05, 4.69) is 33.0 Å². The molecule has 0 atom stereocenters. The Hall–Kier alpha value is -1.14. The first-order valence-corrected chi connectivity index (χ1v) is 9.01. The fraction of sp³-hybridized carbons (Fsp3) is 0.889. The van der Waals surface area contributed by atoms with Gasteiger partial charge in [0.2, 0.25) is 11.8 Å². The Bertz CT molecular complexity index is 404. The second kappa shape index (κ2) is 9.99. The molecule has 1 saturated heterocycles. The third-order valence-electron chi connectivity index (χ3n) is 4.23. The number of nitrogens with one attached hydrogen (secondary N) is 1. The highest BCUT2D eigenvalue weighted by molar-refractivity contribution is 5.77. The molecule has 1 aliphatic heterocycles. The molecule has 1 fully saturated rings. The Balaban J connectivity index is 2.24. The van der Waals surface area contributed by atoms with Crippen LogP contribution in [0.2, 0.25) is 0 Å². The van der Waals surface area contributed by atoms with Gasteiger partial charge in [-0.15, -0.1) is 0 Å². The van der Waals surface area contributed by atoms with E-state index in [1.54, 1.807) is 4.90 Å². The van der Waals surface area contributed by atoms with Gasteiger partial charge in [-0.25, -0.2) is 0 Å². The first-order chi connectivity index (χ1) is 11.2. The highest BCUT2D eigenvalue weighted by Crippen LogP contribution is 2.20. The van der Waals surface area contributed by atoms with Crippen molar-refractivity contribution in [2.45, 2.75) is 40.5 Å². The number of hydrogen-bond donors (Lipinski definition) is 1. The molecule has 0 radical (unpaired) electrons. The number of carbonyl (C=O) groups excluding carboxylic acids is 2. The summed E-state index contributed by atoms with van der Waals surface area (Å²) in [4.78, 5) is 27.9. The van der Waals surface area contributed by atoms with Gasteiger partial charge in [0.15, 0.2) is 0 Å². The maximum atomic E-state index is 12.3. The summed E-state index contributed by atoms with van der Waals surface area (Å²) in [7, 11) is 1.85. The first-order valence-electron chi connectivity index (χ1n) is 9.01. The lowest BCUT2D eigenvalue weighted by molar-refractivity contribution is -0.137. The fourth-order valence-corrected chi connectivity index (χ4v) is 2.70. The van der Waals surface area contributed by atoms with Crippen molar-refractivity contribution in [3.05, 3.63) is 0 Å². The molecule has 1 heterocycles. The zero-order valence-corrected chi connectivity index (χ0v) is 16.1. The summed E-state index contributed by atoms with van der Waals surface area (Å²) in [5, 5.41) is 3.38. The lowest BCUT2D eigenvalue weighted by Crippen LogP contribution is -2.44. The van der Waals surface area contributed by atoms with E-state index in [-0.39, 0.29) is 17.2 Å². The van der Waals surface area contributed by atoms with Gasteiger partial charge in [-0.2, -0.15) is 0 Å². The molecule has 1 aliphatic rings. The quantitative estimate of drug-likeness (QED) is 0.643. The van der Waals surface area contributed by atoms with Crippen LogP contribution in [0.3, 0.4) is 0 Å². The monoisotopic (exact) mass is 341 g/mol. The molecule has 24 heavy (non-hydrogen) atoms. The summed E-state index contributed by atoms with van der Waals surface area (Å²) in [6.07, 6.45) is 1.12. The van der Waals surface area contributed by atoms with E-state index >= 15 is 0 Å². The van der Waals surface area contributed by atoms with Crippen molar-refractivity contribution in [1.29, 1.82) is 0 Å². The highest BCUT2D eigenvalue weighted by Gasteiger charge is 2.26. The largest absolute Gasteiger partial charge is 0.378 e. The standard InChI is InChI=1S/C18H35N3O3/c1-15(2)12-16(22)20(5)7-6-19-14-18(3,4)13-17(23)21-8-10-24-11-9-21/h15,19H,6-14H2,1-5H3. The SMILES string of the molecule is CC(C)CC(=O)N(C)CCNCC(C)(C)CC(=O)N1CCOCC1. The number of rotatable bonds is 9. The van der Waals surface area contributed by atoms with Gasteiger partial charge in [-0.05, 0) is 11.3 Å². The Labute approximate surface area is 146 Å². The van der Waals surface area contributed by atoms with Crippen LogP contribution in [0.25, 0.3) is 0 Å². The van der Waals surface area contributed by atoms with Crippen molar-refractivity contribution in [2.75, 3.05) is 53.0 Å². The van der Waals surface area contributed by atoms with E-state index in [9.17, 15) is 9.59 Å². The minimum atomic E-state index is -0.101. The molecule has 0 spiro atoms. The zero-order valence-electron chi connectivity index (χ0n) is 16.1. The van der Waals surface area contributed by atoms with Gasteiger partial charge in [0.25, 0.3) is 0 Å². The molecule has 0 unspecified atom stereocenters. The predicted octanol–water partition coefficient (Wildman–Crippen LogP) is 1.36. The third-order valence-corrected chi connectivity index (χ3v) is 4.23. The van der Waals surface area contributed by atoms with Crippen molar-refractivity contribution in [2.24, 2.45) is 11.3 Å². The summed E-state index contributed by atoms with van der Waals surface area (Å²) >= 11 is 0. The molecule has 0 aliphatic carbocycles. The number of ether oxygens (including phenoxy) is 1. The van der Waals surface area contributed by atoms with Gasteiger partial charge in [0.05, 0.1) is 13.2 Å². The number of amides is 2. The molecule has 0 aromatic rings. The van der Waals surface area contributed by atoms with Crippen molar-refractivity contribution >= 4 is 11.8 Å². The van der Waals surface area contributed by atoms with Gasteiger partial charge in [-0.3, -0.25) is 9.59 Å². The topological polar surface area (TPSA) is 61.9 Å². The maximum absolute atomic E-state index is 12.3. The Morgan fingerprint density at radius 1 is 1.25 bits per heavy atom. The van der Waals surface area contributed by atoms with Crippen LogP contribution in [0, 0.1) is 11.3 Å². The van der Waals surface area contributed by atoms with Crippen LogP contribution in [0.5, 0.6) is 0 Å². The minimum absolute atomic E-state index is 0.101. The van der Waals surface area contributed by atoms with Crippen LogP contribution in [0.15, 0.2) is 0 Å². The number of carbonyl (C=O) groups is 2. The molecule has 140 valence electrons. The van der Waals surface area contributed by atoms with Crippen LogP contribution >= 0.6 is 0 Å². The molecule has 2 amide bonds. The molecule has 0 aromatic heterocycles. The smallest absolute Gasteiger partial charge is 0.223 e. The number of likely N-dealkylation sites (N-methyl/N-ethyl adjacent to an activating group) is 1. The maximum Gasteiger partial charge on any atom is 0.223 e. The van der Waals surface area contributed by atoms with Crippen LogP contribution < -0.4 is 5.32 Å². The van der Waals surface area contributed by atoms with Crippen molar-refractivity contribution in [3.63, 3.8) is 0 Å². The fourth-order valence-electron chi connectivity index (χ4n) is 2.70. The van der Waals surface area contributed by atoms with Crippen LogP contribution in [-0.4, -0.2) is 74.6 Å². The third kappa shape index (κ3) is 8.11. The van der Waals surface area contributed by atoms with Gasteiger partial charge < -0.3 is 19.9 Å². The molecular formula is C18H35N3O3. The average Bonchev–Trinajstić information content (AvgIpc) is 2.51. The molecule has 1 N–H and O–H groups in total. The molecule has 6 nitrogen and oxygen atoms in total. The zero-order chi connectivity index (χ0) is 18.2. The molecule has 1 rings (SSSR count). The van der Waals surface area contributed by atoms with Gasteiger partial charge in [0, 0.05) is 52.6 Å². The summed E-state index contributed by atoms with van der Waals surface area (Å²) < 4.78 is 5.29. The summed E-state index contributed by atoms with van der Waals surface area (Å²) in [6.45, 7) is 13.2. The number of hydrogen-bond acceptors (Lipinski definition) is 4. The lowest BCUT2D eigenvalue weighted by atomic mass is 9.88. The van der Waals surface area contributed by atoms with E-state index in [4.69, 9.17) is 4.74 Å². The second-order valence-corrected chi connectivity index (χ2v) is 7.92.